The monoisotopic (exact) mass is 280 g/mol. The second-order valence-electron chi connectivity index (χ2n) is 4.83. The van der Waals surface area contributed by atoms with Gasteiger partial charge in [0.2, 0.25) is 5.65 Å². The van der Waals surface area contributed by atoms with Crippen LogP contribution < -0.4 is 15.7 Å². The van der Waals surface area contributed by atoms with Gasteiger partial charge in [0.15, 0.2) is 0 Å². The molecule has 0 bridgehead atoms. The summed E-state index contributed by atoms with van der Waals surface area (Å²) in [5.74, 6) is 0.0985. The third kappa shape index (κ3) is 1.70. The molecule has 0 spiro atoms. The van der Waals surface area contributed by atoms with Gasteiger partial charge >= 0.3 is 17.1 Å². The Labute approximate surface area is 112 Å². The van der Waals surface area contributed by atoms with E-state index in [1.54, 1.807) is 7.05 Å². The van der Waals surface area contributed by atoms with E-state index in [0.717, 1.165) is 4.57 Å². The lowest BCUT2D eigenvalue weighted by Crippen LogP contribution is -2.41. The summed E-state index contributed by atoms with van der Waals surface area (Å²) in [6, 6.07) is 0. The topological polar surface area (TPSA) is 105 Å². The van der Waals surface area contributed by atoms with Crippen molar-refractivity contribution in [1.82, 2.24) is 19.3 Å². The zero-order valence-electron chi connectivity index (χ0n) is 11.1. The first-order valence-electron chi connectivity index (χ1n) is 6.21. The first kappa shape index (κ1) is 12.7. The molecule has 106 valence electrons. The quantitative estimate of drug-likeness (QED) is 0.632. The number of fused-ring (bicyclic) bond motifs is 1. The second-order valence-corrected chi connectivity index (χ2v) is 4.83. The van der Waals surface area contributed by atoms with Crippen LogP contribution in [-0.2, 0) is 18.8 Å². The van der Waals surface area contributed by atoms with E-state index in [-0.39, 0.29) is 22.9 Å². The van der Waals surface area contributed by atoms with Crippen molar-refractivity contribution < 1.29 is 9.16 Å². The largest absolute Gasteiger partial charge is 0.380 e. The molecule has 0 aliphatic carbocycles. The highest BCUT2D eigenvalue weighted by Crippen LogP contribution is 2.20. The predicted molar refractivity (Wildman–Crippen MR) is 68.1 cm³/mol. The van der Waals surface area contributed by atoms with Crippen molar-refractivity contribution in [2.45, 2.75) is 12.3 Å². The molecule has 0 aromatic carbocycles. The molecule has 0 saturated carbocycles. The number of ether oxygens (including phenoxy) is 1. The molecular weight excluding hydrogens is 266 g/mol. The van der Waals surface area contributed by atoms with Crippen molar-refractivity contribution in [2.24, 2.45) is 14.1 Å². The molecule has 3 heterocycles. The standard InChI is InChI=1S/C11H13N5O4/c1-14-10(17)7-9(12-11(14)18)15(2)13-8(16(7)19)6-3-4-20-5-6/h6H,3-5H2,1-2H3/p+1. The van der Waals surface area contributed by atoms with E-state index in [2.05, 4.69) is 10.1 Å². The maximum Gasteiger partial charge on any atom is 0.373 e. The third-order valence-electron chi connectivity index (χ3n) is 3.54. The summed E-state index contributed by atoms with van der Waals surface area (Å²) >= 11 is 0. The smallest absolute Gasteiger partial charge is 0.373 e. The Bertz CT molecular complexity index is 856. The normalized spacial score (nSPS) is 18.8. The number of hydrogen-bond acceptors (Lipinski definition) is 5. The van der Waals surface area contributed by atoms with Crippen LogP contribution in [0.2, 0.25) is 0 Å². The molecule has 9 heteroatoms. The molecule has 20 heavy (non-hydrogen) atoms. The number of hydrogen-bond donors (Lipinski definition) is 1. The van der Waals surface area contributed by atoms with E-state index >= 15 is 0 Å². The molecule has 1 unspecified atom stereocenters. The first-order chi connectivity index (χ1) is 9.50. The van der Waals surface area contributed by atoms with Crippen LogP contribution in [0.5, 0.6) is 0 Å². The second kappa shape index (κ2) is 4.37. The van der Waals surface area contributed by atoms with Crippen LogP contribution in [0, 0.1) is 4.91 Å². The summed E-state index contributed by atoms with van der Waals surface area (Å²) in [6.45, 7) is 0.974. The van der Waals surface area contributed by atoms with Crippen molar-refractivity contribution in [2.75, 3.05) is 13.2 Å². The van der Waals surface area contributed by atoms with Gasteiger partial charge in [-0.3, -0.25) is 14.3 Å². The van der Waals surface area contributed by atoms with Gasteiger partial charge in [-0.05, 0) is 6.42 Å². The van der Waals surface area contributed by atoms with Gasteiger partial charge in [0, 0.05) is 18.1 Å². The van der Waals surface area contributed by atoms with Crippen LogP contribution >= 0.6 is 0 Å². The Morgan fingerprint density at radius 1 is 1.40 bits per heavy atom. The fourth-order valence-corrected chi connectivity index (χ4v) is 2.36. The summed E-state index contributed by atoms with van der Waals surface area (Å²) in [7, 11) is 2.90. The van der Waals surface area contributed by atoms with Crippen LogP contribution in [0.1, 0.15) is 18.2 Å². The van der Waals surface area contributed by atoms with Crippen molar-refractivity contribution in [1.29, 1.82) is 0 Å². The Morgan fingerprint density at radius 2 is 2.15 bits per heavy atom. The van der Waals surface area contributed by atoms with E-state index in [4.69, 9.17) is 4.74 Å². The molecule has 3 rings (SSSR count). The number of aryl methyl sites for hydroxylation is 1. The Kier molecular flexibility index (Phi) is 2.78. The van der Waals surface area contributed by atoms with Crippen LogP contribution in [0.4, 0.5) is 0 Å². The van der Waals surface area contributed by atoms with Gasteiger partial charge in [-0.25, -0.2) is 4.79 Å². The molecule has 1 fully saturated rings. The number of H-pyrrole nitrogens is 1. The van der Waals surface area contributed by atoms with Crippen LogP contribution in [0.15, 0.2) is 9.59 Å². The van der Waals surface area contributed by atoms with E-state index < -0.39 is 11.2 Å². The predicted octanol–water partition coefficient (Wildman–Crippen LogP) is -1.62. The molecule has 0 amide bonds. The number of nitrogens with one attached hydrogen (secondary N) is 1. The Hall–Kier alpha value is -2.29. The van der Waals surface area contributed by atoms with E-state index in [9.17, 15) is 14.5 Å². The minimum Gasteiger partial charge on any atom is -0.380 e. The maximum absolute atomic E-state index is 12.4. The van der Waals surface area contributed by atoms with Gasteiger partial charge < -0.3 is 4.74 Å². The van der Waals surface area contributed by atoms with E-state index in [1.165, 1.54) is 11.7 Å². The number of nitrogens with zero attached hydrogens (tertiary/aromatic N) is 4. The summed E-state index contributed by atoms with van der Waals surface area (Å²) in [5, 5.41) is 4.16. The average Bonchev–Trinajstić information content (AvgIpc) is 2.93. The van der Waals surface area contributed by atoms with Crippen LogP contribution in [0.3, 0.4) is 0 Å². The molecule has 0 radical (unpaired) electrons. The van der Waals surface area contributed by atoms with E-state index in [0.29, 0.717) is 24.1 Å². The molecule has 1 N–H and O–H groups in total. The van der Waals surface area contributed by atoms with E-state index in [1.807, 2.05) is 0 Å². The number of aromatic nitrogens is 5. The number of aromatic amines is 1. The molecule has 1 atom stereocenters. The highest BCUT2D eigenvalue weighted by Gasteiger charge is 2.32. The minimum atomic E-state index is -0.642. The van der Waals surface area contributed by atoms with Crippen molar-refractivity contribution in [3.8, 4) is 0 Å². The molecule has 1 saturated heterocycles. The molecular formula is C11H14N5O4+. The highest BCUT2D eigenvalue weighted by atomic mass is 16.5. The lowest BCUT2D eigenvalue weighted by Gasteiger charge is -2.03. The summed E-state index contributed by atoms with van der Waals surface area (Å²) in [5.41, 5.74) is -1.24. The number of rotatable bonds is 1. The minimum absolute atomic E-state index is 0.107. The van der Waals surface area contributed by atoms with Gasteiger partial charge in [0.25, 0.3) is 5.52 Å². The zero-order chi connectivity index (χ0) is 14.4. The van der Waals surface area contributed by atoms with Crippen molar-refractivity contribution >= 4 is 11.2 Å². The molecule has 1 aliphatic heterocycles. The highest BCUT2D eigenvalue weighted by molar-refractivity contribution is 5.63. The fraction of sp³-hybridized carbons (Fsp3) is 0.545. The van der Waals surface area contributed by atoms with Crippen molar-refractivity contribution in [3.05, 3.63) is 31.6 Å². The van der Waals surface area contributed by atoms with Crippen LogP contribution in [-0.4, -0.2) is 32.5 Å². The van der Waals surface area contributed by atoms with Crippen LogP contribution in [0.25, 0.3) is 11.2 Å². The average molecular weight is 280 g/mol. The lowest BCUT2D eigenvalue weighted by molar-refractivity contribution is -0.483. The first-order valence-corrected chi connectivity index (χ1v) is 6.21. The lowest BCUT2D eigenvalue weighted by atomic mass is 10.1. The van der Waals surface area contributed by atoms with Gasteiger partial charge in [-0.15, -0.1) is 0 Å². The molecule has 1 aliphatic rings. The third-order valence-corrected chi connectivity index (χ3v) is 3.54. The Balaban J connectivity index is 2.43. The maximum atomic E-state index is 12.4. The van der Waals surface area contributed by atoms with Crippen molar-refractivity contribution in [3.63, 3.8) is 0 Å². The van der Waals surface area contributed by atoms with Gasteiger partial charge in [0.05, 0.1) is 24.7 Å². The SMILES string of the molecule is Cn1c(=O)[nH]c2c(c1=O)[n+](=O)c(C1CCOC1)nn2C. The summed E-state index contributed by atoms with van der Waals surface area (Å²) < 4.78 is 7.97. The molecule has 2 aromatic heterocycles. The fourth-order valence-electron chi connectivity index (χ4n) is 2.36. The summed E-state index contributed by atoms with van der Waals surface area (Å²) in [4.78, 5) is 38.6. The summed E-state index contributed by atoms with van der Waals surface area (Å²) in [6.07, 6.45) is 0.685. The van der Waals surface area contributed by atoms with Gasteiger partial charge in [0.1, 0.15) is 0 Å². The van der Waals surface area contributed by atoms with Gasteiger partial charge in [-0.2, -0.15) is 4.68 Å². The molecule has 9 nitrogen and oxygen atoms in total. The van der Waals surface area contributed by atoms with Gasteiger partial charge in [-0.1, -0.05) is 4.91 Å². The Morgan fingerprint density at radius 3 is 2.80 bits per heavy atom. The zero-order valence-corrected chi connectivity index (χ0v) is 11.1. The molecule has 2 aromatic rings.